The monoisotopic (exact) mass is 223 g/mol. The van der Waals surface area contributed by atoms with Gasteiger partial charge in [-0.15, -0.1) is 11.8 Å². The Hall–Kier alpha value is -1.16. The highest BCUT2D eigenvalue weighted by atomic mass is 32.2. The Bertz CT molecular complexity index is 329. The number of nitrogens with zero attached hydrogens (tertiary/aromatic N) is 1. The van der Waals surface area contributed by atoms with Crippen molar-refractivity contribution in [3.63, 3.8) is 0 Å². The molecule has 0 N–H and O–H groups in total. The van der Waals surface area contributed by atoms with Gasteiger partial charge in [0.1, 0.15) is 6.61 Å². The van der Waals surface area contributed by atoms with Crippen molar-refractivity contribution in [1.82, 2.24) is 4.90 Å². The fourth-order valence-electron chi connectivity index (χ4n) is 1.42. The van der Waals surface area contributed by atoms with Gasteiger partial charge in [-0.3, -0.25) is 0 Å². The molecule has 0 aromatic heterocycles. The van der Waals surface area contributed by atoms with Gasteiger partial charge < -0.3 is 9.64 Å². The van der Waals surface area contributed by atoms with Gasteiger partial charge in [0, 0.05) is 17.2 Å². The molecule has 3 nitrogen and oxygen atoms in total. The first-order valence-electron chi connectivity index (χ1n) is 4.96. The molecule has 1 saturated heterocycles. The number of benzene rings is 1. The van der Waals surface area contributed by atoms with Crippen molar-refractivity contribution >= 4 is 17.9 Å². The lowest BCUT2D eigenvalue weighted by atomic mass is 10.4. The highest BCUT2D eigenvalue weighted by Gasteiger charge is 2.20. The van der Waals surface area contributed by atoms with Crippen LogP contribution >= 0.6 is 11.8 Å². The summed E-state index contributed by atoms with van der Waals surface area (Å²) >= 11 is 1.76. The van der Waals surface area contributed by atoms with Crippen LogP contribution in [0, 0.1) is 0 Å². The summed E-state index contributed by atoms with van der Waals surface area (Å²) in [7, 11) is 0. The first-order chi connectivity index (χ1) is 7.36. The number of amides is 1. The van der Waals surface area contributed by atoms with E-state index in [4.69, 9.17) is 4.74 Å². The van der Waals surface area contributed by atoms with Crippen LogP contribution in [0.3, 0.4) is 0 Å². The first kappa shape index (κ1) is 10.4. The molecule has 0 atom stereocenters. The highest BCUT2D eigenvalue weighted by molar-refractivity contribution is 7.99. The van der Waals surface area contributed by atoms with Crippen LogP contribution in [0.1, 0.15) is 0 Å². The molecule has 1 aromatic rings. The van der Waals surface area contributed by atoms with Crippen molar-refractivity contribution in [3.05, 3.63) is 30.3 Å². The van der Waals surface area contributed by atoms with Crippen molar-refractivity contribution in [1.29, 1.82) is 0 Å². The molecule has 4 heteroatoms. The van der Waals surface area contributed by atoms with Gasteiger partial charge in [0.15, 0.2) is 0 Å². The molecule has 0 unspecified atom stereocenters. The maximum Gasteiger partial charge on any atom is 0.409 e. The minimum atomic E-state index is -0.177. The van der Waals surface area contributed by atoms with Crippen LogP contribution in [0.4, 0.5) is 4.79 Å². The third kappa shape index (κ3) is 2.89. The number of cyclic esters (lactones) is 1. The molecule has 2 rings (SSSR count). The molecule has 80 valence electrons. The van der Waals surface area contributed by atoms with Gasteiger partial charge >= 0.3 is 6.09 Å². The summed E-state index contributed by atoms with van der Waals surface area (Å²) in [6, 6.07) is 10.2. The van der Waals surface area contributed by atoms with Crippen LogP contribution in [-0.4, -0.2) is 36.4 Å². The Kier molecular flexibility index (Phi) is 3.50. The average Bonchev–Trinajstić information content (AvgIpc) is 2.66. The fraction of sp³-hybridized carbons (Fsp3) is 0.364. The molecule has 0 radical (unpaired) electrons. The summed E-state index contributed by atoms with van der Waals surface area (Å²) in [5, 5.41) is 0. The summed E-state index contributed by atoms with van der Waals surface area (Å²) in [5.41, 5.74) is 0. The summed E-state index contributed by atoms with van der Waals surface area (Å²) in [6.45, 7) is 2.03. The Morgan fingerprint density at radius 1 is 1.33 bits per heavy atom. The average molecular weight is 223 g/mol. The van der Waals surface area contributed by atoms with E-state index in [9.17, 15) is 4.79 Å². The van der Waals surface area contributed by atoms with Crippen LogP contribution < -0.4 is 0 Å². The van der Waals surface area contributed by atoms with Crippen molar-refractivity contribution in [3.8, 4) is 0 Å². The van der Waals surface area contributed by atoms with E-state index in [2.05, 4.69) is 12.1 Å². The third-order valence-corrected chi connectivity index (χ3v) is 3.21. The molecule has 15 heavy (non-hydrogen) atoms. The van der Waals surface area contributed by atoms with Crippen LogP contribution in [0.25, 0.3) is 0 Å². The number of thioether (sulfide) groups is 1. The maximum atomic E-state index is 11.1. The third-order valence-electron chi connectivity index (χ3n) is 2.22. The second kappa shape index (κ2) is 5.07. The number of ether oxygens (including phenoxy) is 1. The molecule has 1 aliphatic heterocycles. The number of hydrogen-bond donors (Lipinski definition) is 0. The number of rotatable bonds is 4. The molecule has 1 amide bonds. The summed E-state index contributed by atoms with van der Waals surface area (Å²) < 4.78 is 4.85. The molecule has 1 fully saturated rings. The van der Waals surface area contributed by atoms with Crippen molar-refractivity contribution < 1.29 is 9.53 Å². The largest absolute Gasteiger partial charge is 0.448 e. The first-order valence-corrected chi connectivity index (χ1v) is 5.94. The van der Waals surface area contributed by atoms with Crippen LogP contribution in [-0.2, 0) is 4.74 Å². The lowest BCUT2D eigenvalue weighted by molar-refractivity contribution is 0.160. The lowest BCUT2D eigenvalue weighted by Crippen LogP contribution is -2.26. The second-order valence-corrected chi connectivity index (χ2v) is 4.43. The van der Waals surface area contributed by atoms with E-state index in [1.54, 1.807) is 16.7 Å². The zero-order chi connectivity index (χ0) is 10.5. The van der Waals surface area contributed by atoms with Crippen molar-refractivity contribution in [2.75, 3.05) is 25.4 Å². The minimum absolute atomic E-state index is 0.177. The van der Waals surface area contributed by atoms with Gasteiger partial charge in [0.2, 0.25) is 0 Å². The molecular weight excluding hydrogens is 210 g/mol. The Balaban J connectivity index is 1.73. The zero-order valence-corrected chi connectivity index (χ0v) is 9.20. The van der Waals surface area contributed by atoms with Crippen molar-refractivity contribution in [2.45, 2.75) is 4.90 Å². The maximum absolute atomic E-state index is 11.1. The smallest absolute Gasteiger partial charge is 0.409 e. The molecule has 1 aromatic carbocycles. The fourth-order valence-corrected chi connectivity index (χ4v) is 2.32. The molecule has 1 heterocycles. The number of carbonyl (C=O) groups excluding carboxylic acids is 1. The molecule has 0 bridgehead atoms. The van der Waals surface area contributed by atoms with Gasteiger partial charge in [-0.25, -0.2) is 4.79 Å². The number of carbonyl (C=O) groups is 1. The van der Waals surface area contributed by atoms with Gasteiger partial charge in [0.05, 0.1) is 6.54 Å². The van der Waals surface area contributed by atoms with Crippen LogP contribution in [0.5, 0.6) is 0 Å². The van der Waals surface area contributed by atoms with E-state index in [0.717, 1.165) is 18.8 Å². The Labute approximate surface area is 93.4 Å². The van der Waals surface area contributed by atoms with Gasteiger partial charge in [-0.1, -0.05) is 18.2 Å². The topological polar surface area (TPSA) is 29.5 Å². The van der Waals surface area contributed by atoms with E-state index >= 15 is 0 Å². The quantitative estimate of drug-likeness (QED) is 0.733. The lowest BCUT2D eigenvalue weighted by Gasteiger charge is -2.11. The predicted molar refractivity (Wildman–Crippen MR) is 60.1 cm³/mol. The summed E-state index contributed by atoms with van der Waals surface area (Å²) in [5.74, 6) is 0.916. The molecule has 1 aliphatic rings. The van der Waals surface area contributed by atoms with Crippen LogP contribution in [0.15, 0.2) is 35.2 Å². The van der Waals surface area contributed by atoms with E-state index in [-0.39, 0.29) is 6.09 Å². The normalized spacial score (nSPS) is 15.5. The standard InChI is InChI=1S/C11H13NO2S/c13-11-12(6-8-14-11)7-9-15-10-4-2-1-3-5-10/h1-5H,6-9H2. The molecule has 0 aliphatic carbocycles. The highest BCUT2D eigenvalue weighted by Crippen LogP contribution is 2.17. The zero-order valence-electron chi connectivity index (χ0n) is 8.39. The van der Waals surface area contributed by atoms with Gasteiger partial charge in [-0.2, -0.15) is 0 Å². The van der Waals surface area contributed by atoms with Gasteiger partial charge in [-0.05, 0) is 12.1 Å². The Morgan fingerprint density at radius 2 is 2.13 bits per heavy atom. The van der Waals surface area contributed by atoms with E-state index in [1.807, 2.05) is 18.2 Å². The van der Waals surface area contributed by atoms with E-state index in [1.165, 1.54) is 4.90 Å². The molecule has 0 saturated carbocycles. The van der Waals surface area contributed by atoms with Gasteiger partial charge in [0.25, 0.3) is 0 Å². The van der Waals surface area contributed by atoms with E-state index < -0.39 is 0 Å². The summed E-state index contributed by atoms with van der Waals surface area (Å²) in [6.07, 6.45) is -0.177. The summed E-state index contributed by atoms with van der Waals surface area (Å²) in [4.78, 5) is 14.1. The Morgan fingerprint density at radius 3 is 2.80 bits per heavy atom. The number of hydrogen-bond acceptors (Lipinski definition) is 3. The molecular formula is C11H13NO2S. The minimum Gasteiger partial charge on any atom is -0.448 e. The predicted octanol–water partition coefficient (Wildman–Crippen LogP) is 2.23. The SMILES string of the molecule is O=C1OCCN1CCSc1ccccc1. The second-order valence-electron chi connectivity index (χ2n) is 3.26. The molecule has 0 spiro atoms. The van der Waals surface area contributed by atoms with Crippen molar-refractivity contribution in [2.24, 2.45) is 0 Å². The van der Waals surface area contributed by atoms with E-state index in [0.29, 0.717) is 6.61 Å². The van der Waals surface area contributed by atoms with Crippen LogP contribution in [0.2, 0.25) is 0 Å².